The molecule has 2 aromatic heterocycles. The van der Waals surface area contributed by atoms with E-state index in [9.17, 15) is 14.0 Å². The molecular formula is C11H11ClFN3O2S. The minimum Gasteiger partial charge on any atom is -0.295 e. The molecule has 2 rings (SSSR count). The van der Waals surface area contributed by atoms with E-state index in [0.29, 0.717) is 5.01 Å². The van der Waals surface area contributed by atoms with Crippen LogP contribution in [-0.2, 0) is 6.42 Å². The maximum absolute atomic E-state index is 13.5. The molecule has 1 atom stereocenters. The number of aromatic nitrogens is 3. The topological polar surface area (TPSA) is 67.8 Å². The number of thiazole rings is 1. The van der Waals surface area contributed by atoms with E-state index in [2.05, 4.69) is 9.97 Å². The third-order valence-corrected chi connectivity index (χ3v) is 4.27. The van der Waals surface area contributed by atoms with Crippen molar-refractivity contribution in [2.75, 3.05) is 0 Å². The number of nitrogens with one attached hydrogen (secondary N) is 1. The van der Waals surface area contributed by atoms with Crippen molar-refractivity contribution in [2.24, 2.45) is 0 Å². The first-order valence-corrected chi connectivity index (χ1v) is 6.79. The average Bonchev–Trinajstić information content (AvgIpc) is 2.84. The van der Waals surface area contributed by atoms with Crippen LogP contribution in [0.4, 0.5) is 4.39 Å². The molecule has 0 radical (unpaired) electrons. The van der Waals surface area contributed by atoms with Crippen molar-refractivity contribution in [1.82, 2.24) is 14.5 Å². The van der Waals surface area contributed by atoms with Crippen LogP contribution in [0.15, 0.2) is 15.8 Å². The first-order valence-electron chi connectivity index (χ1n) is 5.60. The predicted molar refractivity (Wildman–Crippen MR) is 71.6 cm³/mol. The van der Waals surface area contributed by atoms with Crippen LogP contribution in [0.2, 0.25) is 5.15 Å². The van der Waals surface area contributed by atoms with Crippen molar-refractivity contribution in [1.29, 1.82) is 0 Å². The summed E-state index contributed by atoms with van der Waals surface area (Å²) in [5.74, 6) is -1.17. The van der Waals surface area contributed by atoms with Crippen molar-refractivity contribution in [3.8, 4) is 0 Å². The van der Waals surface area contributed by atoms with Crippen molar-refractivity contribution >= 4 is 22.9 Å². The molecule has 2 heterocycles. The SMILES string of the molecule is CCc1cnc(C(C)n2c(=O)[nH]c(Cl)c(F)c2=O)s1. The third-order valence-electron chi connectivity index (χ3n) is 2.70. The number of hydrogen-bond donors (Lipinski definition) is 1. The van der Waals surface area contributed by atoms with E-state index in [4.69, 9.17) is 11.6 Å². The number of H-pyrrole nitrogens is 1. The Labute approximate surface area is 116 Å². The molecule has 2 aromatic rings. The third kappa shape index (κ3) is 2.48. The Balaban J connectivity index is 2.56. The Hall–Kier alpha value is -1.47. The molecule has 0 spiro atoms. The summed E-state index contributed by atoms with van der Waals surface area (Å²) in [6, 6.07) is -0.645. The van der Waals surface area contributed by atoms with Crippen molar-refractivity contribution < 1.29 is 4.39 Å². The minimum atomic E-state index is -1.17. The van der Waals surface area contributed by atoms with Crippen LogP contribution in [0.1, 0.15) is 29.8 Å². The van der Waals surface area contributed by atoms with Gasteiger partial charge in [-0.1, -0.05) is 18.5 Å². The minimum absolute atomic E-state index is 0.575. The maximum atomic E-state index is 13.5. The van der Waals surface area contributed by atoms with Gasteiger partial charge in [0.15, 0.2) is 5.15 Å². The van der Waals surface area contributed by atoms with Gasteiger partial charge in [0.25, 0.3) is 5.56 Å². The molecule has 0 aromatic carbocycles. The van der Waals surface area contributed by atoms with E-state index < -0.39 is 28.3 Å². The normalized spacial score (nSPS) is 12.6. The lowest BCUT2D eigenvalue weighted by Crippen LogP contribution is -2.39. The van der Waals surface area contributed by atoms with Crippen LogP contribution >= 0.6 is 22.9 Å². The number of halogens is 2. The summed E-state index contributed by atoms with van der Waals surface area (Å²) < 4.78 is 14.2. The van der Waals surface area contributed by atoms with Gasteiger partial charge in [0.2, 0.25) is 5.82 Å². The lowest BCUT2D eigenvalue weighted by Gasteiger charge is -2.11. The average molecular weight is 304 g/mol. The number of rotatable bonds is 3. The Kier molecular flexibility index (Phi) is 3.86. The van der Waals surface area contributed by atoms with Gasteiger partial charge in [-0.25, -0.2) is 14.3 Å². The maximum Gasteiger partial charge on any atom is 0.330 e. The van der Waals surface area contributed by atoms with Gasteiger partial charge in [0.1, 0.15) is 5.01 Å². The fraction of sp³-hybridized carbons (Fsp3) is 0.364. The summed E-state index contributed by atoms with van der Waals surface area (Å²) in [5, 5.41) is -0.00184. The predicted octanol–water partition coefficient (Wildman–Crippen LogP) is 1.96. The zero-order valence-electron chi connectivity index (χ0n) is 10.2. The van der Waals surface area contributed by atoms with Gasteiger partial charge in [-0.05, 0) is 13.3 Å². The molecule has 0 aliphatic carbocycles. The highest BCUT2D eigenvalue weighted by Crippen LogP contribution is 2.21. The van der Waals surface area contributed by atoms with Crippen LogP contribution in [0.5, 0.6) is 0 Å². The van der Waals surface area contributed by atoms with Gasteiger partial charge >= 0.3 is 5.69 Å². The summed E-state index contributed by atoms with van der Waals surface area (Å²) in [7, 11) is 0. The monoisotopic (exact) mass is 303 g/mol. The molecule has 0 saturated heterocycles. The number of aryl methyl sites for hydroxylation is 1. The summed E-state index contributed by atoms with van der Waals surface area (Å²) in [5.41, 5.74) is -1.80. The van der Waals surface area contributed by atoms with Crippen LogP contribution in [0.25, 0.3) is 0 Å². The molecule has 0 saturated carbocycles. The Morgan fingerprint density at radius 2 is 2.26 bits per heavy atom. The van der Waals surface area contributed by atoms with E-state index in [1.54, 1.807) is 13.1 Å². The van der Waals surface area contributed by atoms with Gasteiger partial charge in [-0.3, -0.25) is 9.78 Å². The summed E-state index contributed by atoms with van der Waals surface area (Å²) in [6.45, 7) is 3.59. The van der Waals surface area contributed by atoms with E-state index in [-0.39, 0.29) is 0 Å². The molecule has 0 amide bonds. The molecule has 102 valence electrons. The highest BCUT2D eigenvalue weighted by atomic mass is 35.5. The molecular weight excluding hydrogens is 293 g/mol. The number of aromatic amines is 1. The molecule has 0 fully saturated rings. The van der Waals surface area contributed by atoms with E-state index in [1.165, 1.54) is 11.3 Å². The van der Waals surface area contributed by atoms with E-state index in [1.807, 2.05) is 6.92 Å². The standard InChI is InChI=1S/C11H11ClFN3O2S/c1-3-6-4-14-9(19-6)5(2)16-10(17)7(13)8(12)15-11(16)18/h4-5H,3H2,1-2H3,(H,15,18). The van der Waals surface area contributed by atoms with Gasteiger partial charge < -0.3 is 0 Å². The second-order valence-electron chi connectivity index (χ2n) is 3.93. The molecule has 8 heteroatoms. The first-order chi connectivity index (χ1) is 8.95. The summed E-state index contributed by atoms with van der Waals surface area (Å²) >= 11 is 6.80. The fourth-order valence-corrected chi connectivity index (χ4v) is 2.70. The second-order valence-corrected chi connectivity index (χ2v) is 5.45. The highest BCUT2D eigenvalue weighted by molar-refractivity contribution is 7.11. The van der Waals surface area contributed by atoms with Crippen LogP contribution in [-0.4, -0.2) is 14.5 Å². The molecule has 0 aliphatic heterocycles. The molecule has 1 N–H and O–H groups in total. The quantitative estimate of drug-likeness (QED) is 0.881. The van der Waals surface area contributed by atoms with Crippen molar-refractivity contribution in [2.45, 2.75) is 26.3 Å². The molecule has 19 heavy (non-hydrogen) atoms. The molecule has 0 bridgehead atoms. The van der Waals surface area contributed by atoms with Crippen molar-refractivity contribution in [3.05, 3.63) is 47.9 Å². The number of nitrogens with zero attached hydrogens (tertiary/aromatic N) is 2. The summed E-state index contributed by atoms with van der Waals surface area (Å²) in [6.07, 6.45) is 2.49. The van der Waals surface area contributed by atoms with Gasteiger partial charge in [0, 0.05) is 11.1 Å². The highest BCUT2D eigenvalue weighted by Gasteiger charge is 2.20. The van der Waals surface area contributed by atoms with Crippen LogP contribution in [0, 0.1) is 5.82 Å². The molecule has 5 nitrogen and oxygen atoms in total. The second kappa shape index (κ2) is 5.26. The lowest BCUT2D eigenvalue weighted by atomic mass is 10.3. The zero-order valence-corrected chi connectivity index (χ0v) is 11.8. The van der Waals surface area contributed by atoms with Crippen LogP contribution in [0.3, 0.4) is 0 Å². The van der Waals surface area contributed by atoms with E-state index >= 15 is 0 Å². The summed E-state index contributed by atoms with van der Waals surface area (Å²) in [4.78, 5) is 30.8. The molecule has 0 aliphatic rings. The Morgan fingerprint density at radius 3 is 2.84 bits per heavy atom. The Bertz CT molecular complexity index is 721. The van der Waals surface area contributed by atoms with Crippen molar-refractivity contribution in [3.63, 3.8) is 0 Å². The first kappa shape index (κ1) is 14.0. The van der Waals surface area contributed by atoms with Gasteiger partial charge in [-0.15, -0.1) is 11.3 Å². The van der Waals surface area contributed by atoms with Crippen LogP contribution < -0.4 is 11.2 Å². The van der Waals surface area contributed by atoms with E-state index in [0.717, 1.165) is 15.9 Å². The van der Waals surface area contributed by atoms with Gasteiger partial charge in [-0.2, -0.15) is 4.39 Å². The Morgan fingerprint density at radius 1 is 1.58 bits per heavy atom. The fourth-order valence-electron chi connectivity index (χ4n) is 1.64. The number of hydrogen-bond acceptors (Lipinski definition) is 4. The lowest BCUT2D eigenvalue weighted by molar-refractivity contribution is 0.514. The largest absolute Gasteiger partial charge is 0.330 e. The van der Waals surface area contributed by atoms with Gasteiger partial charge in [0.05, 0.1) is 6.04 Å². The zero-order chi connectivity index (χ0) is 14.2. The molecule has 1 unspecified atom stereocenters. The smallest absolute Gasteiger partial charge is 0.295 e.